The molecule has 0 atom stereocenters. The second kappa shape index (κ2) is 7.80. The van der Waals surface area contributed by atoms with Gasteiger partial charge in [0.25, 0.3) is 20.0 Å². The zero-order chi connectivity index (χ0) is 21.2. The summed E-state index contributed by atoms with van der Waals surface area (Å²) < 4.78 is 80.9. The van der Waals surface area contributed by atoms with Gasteiger partial charge in [-0.25, -0.2) is 25.6 Å². The second-order valence-corrected chi connectivity index (χ2v) is 9.64. The van der Waals surface area contributed by atoms with Crippen LogP contribution in [0.4, 0.5) is 20.2 Å². The van der Waals surface area contributed by atoms with Gasteiger partial charge in [0.2, 0.25) is 0 Å². The van der Waals surface area contributed by atoms with Crippen molar-refractivity contribution in [2.24, 2.45) is 0 Å². The summed E-state index contributed by atoms with van der Waals surface area (Å²) in [6.07, 6.45) is 0. The van der Waals surface area contributed by atoms with Crippen molar-refractivity contribution in [2.75, 3.05) is 16.1 Å². The number of nitrogens with one attached hydrogen (secondary N) is 1. The van der Waals surface area contributed by atoms with Gasteiger partial charge < -0.3 is 0 Å². The zero-order valence-electron chi connectivity index (χ0n) is 15.1. The molecule has 0 amide bonds. The van der Waals surface area contributed by atoms with Crippen LogP contribution in [0.3, 0.4) is 0 Å². The summed E-state index contributed by atoms with van der Waals surface area (Å²) in [6.45, 7) is 0. The van der Waals surface area contributed by atoms with E-state index in [-0.39, 0.29) is 10.6 Å². The third-order valence-electron chi connectivity index (χ3n) is 4.05. The Morgan fingerprint density at radius 2 is 1.52 bits per heavy atom. The van der Waals surface area contributed by atoms with Crippen molar-refractivity contribution < 1.29 is 25.6 Å². The van der Waals surface area contributed by atoms with Crippen LogP contribution >= 0.6 is 0 Å². The van der Waals surface area contributed by atoms with Gasteiger partial charge in [0.05, 0.1) is 16.3 Å². The van der Waals surface area contributed by atoms with Gasteiger partial charge in [-0.1, -0.05) is 24.3 Å². The number of anilines is 2. The molecule has 3 aromatic rings. The number of benzene rings is 3. The summed E-state index contributed by atoms with van der Waals surface area (Å²) in [6, 6.07) is 15.4. The van der Waals surface area contributed by atoms with Gasteiger partial charge in [0.1, 0.15) is 16.5 Å². The van der Waals surface area contributed by atoms with Crippen LogP contribution in [0, 0.1) is 11.6 Å². The Labute approximate surface area is 167 Å². The van der Waals surface area contributed by atoms with Crippen molar-refractivity contribution in [1.29, 1.82) is 0 Å². The Hall–Kier alpha value is -2.98. The average molecular weight is 438 g/mol. The Morgan fingerprint density at radius 1 is 0.828 bits per heavy atom. The molecule has 0 aromatic heterocycles. The lowest BCUT2D eigenvalue weighted by Gasteiger charge is -2.20. The first kappa shape index (κ1) is 20.7. The molecule has 0 bridgehead atoms. The molecule has 0 saturated heterocycles. The molecule has 0 unspecified atom stereocenters. The first-order chi connectivity index (χ1) is 13.6. The molecule has 0 heterocycles. The van der Waals surface area contributed by atoms with Crippen LogP contribution in [-0.4, -0.2) is 23.9 Å². The first-order valence-electron chi connectivity index (χ1n) is 8.23. The predicted octanol–water partition coefficient (Wildman–Crippen LogP) is 3.59. The predicted molar refractivity (Wildman–Crippen MR) is 106 cm³/mol. The van der Waals surface area contributed by atoms with E-state index in [0.29, 0.717) is 17.8 Å². The van der Waals surface area contributed by atoms with Crippen molar-refractivity contribution in [2.45, 2.75) is 9.79 Å². The third kappa shape index (κ3) is 4.38. The summed E-state index contributed by atoms with van der Waals surface area (Å²) in [4.78, 5) is -1.06. The van der Waals surface area contributed by atoms with Gasteiger partial charge in [-0.05, 0) is 48.5 Å². The maximum absolute atomic E-state index is 13.8. The summed E-state index contributed by atoms with van der Waals surface area (Å²) >= 11 is 0. The molecular weight excluding hydrogens is 422 g/mol. The minimum atomic E-state index is -4.47. The average Bonchev–Trinajstić information content (AvgIpc) is 2.69. The number of sulfonamides is 2. The molecule has 0 spiro atoms. The number of para-hydroxylation sites is 1. The van der Waals surface area contributed by atoms with Gasteiger partial charge in [-0.2, -0.15) is 0 Å². The molecule has 10 heteroatoms. The third-order valence-corrected chi connectivity index (χ3v) is 7.23. The molecule has 6 nitrogen and oxygen atoms in total. The highest BCUT2D eigenvalue weighted by Gasteiger charge is 2.24. The van der Waals surface area contributed by atoms with E-state index < -0.39 is 36.6 Å². The molecular formula is C19H16F2N2O4S2. The molecule has 3 aromatic carbocycles. The van der Waals surface area contributed by atoms with Crippen molar-refractivity contribution in [3.05, 3.63) is 84.4 Å². The molecule has 0 fully saturated rings. The maximum atomic E-state index is 13.8. The molecule has 0 aliphatic carbocycles. The van der Waals surface area contributed by atoms with E-state index in [2.05, 4.69) is 4.72 Å². The monoisotopic (exact) mass is 438 g/mol. The second-order valence-electron chi connectivity index (χ2n) is 6.02. The smallest absolute Gasteiger partial charge is 0.264 e. The number of rotatable bonds is 6. The van der Waals surface area contributed by atoms with E-state index in [1.54, 1.807) is 30.3 Å². The molecule has 29 heavy (non-hydrogen) atoms. The summed E-state index contributed by atoms with van der Waals surface area (Å²) in [5, 5.41) is 0. The standard InChI is InChI=1S/C19H16F2N2O4S2/c1-23(16-7-3-2-4-8-16)29(26,27)17-9-5-6-15(13-17)22-28(24,25)19-12-14(20)10-11-18(19)21/h2-13,22H,1H3. The van der Waals surface area contributed by atoms with Crippen molar-refractivity contribution >= 4 is 31.4 Å². The Balaban J connectivity index is 1.95. The summed E-state index contributed by atoms with van der Waals surface area (Å²) in [7, 11) is -7.10. The van der Waals surface area contributed by atoms with Crippen molar-refractivity contribution in [3.63, 3.8) is 0 Å². The first-order valence-corrected chi connectivity index (χ1v) is 11.2. The van der Waals surface area contributed by atoms with Crippen LogP contribution in [0.15, 0.2) is 82.6 Å². The maximum Gasteiger partial charge on any atom is 0.264 e. The minimum Gasteiger partial charge on any atom is -0.279 e. The number of halogens is 2. The molecule has 152 valence electrons. The van der Waals surface area contributed by atoms with E-state index in [9.17, 15) is 25.6 Å². The zero-order valence-corrected chi connectivity index (χ0v) is 16.7. The van der Waals surface area contributed by atoms with E-state index in [4.69, 9.17) is 0 Å². The Bertz CT molecular complexity index is 1250. The highest BCUT2D eigenvalue weighted by Crippen LogP contribution is 2.25. The molecule has 0 radical (unpaired) electrons. The van der Waals surface area contributed by atoms with Crippen molar-refractivity contribution in [1.82, 2.24) is 0 Å². The van der Waals surface area contributed by atoms with E-state index >= 15 is 0 Å². The van der Waals surface area contributed by atoms with Gasteiger partial charge in [0.15, 0.2) is 0 Å². The van der Waals surface area contributed by atoms with Crippen LogP contribution in [0.2, 0.25) is 0 Å². The number of hydrogen-bond donors (Lipinski definition) is 1. The highest BCUT2D eigenvalue weighted by atomic mass is 32.2. The molecule has 0 aliphatic heterocycles. The Morgan fingerprint density at radius 3 is 2.21 bits per heavy atom. The van der Waals surface area contributed by atoms with E-state index in [1.807, 2.05) is 0 Å². The van der Waals surface area contributed by atoms with Crippen LogP contribution in [-0.2, 0) is 20.0 Å². The molecule has 0 aliphatic rings. The van der Waals surface area contributed by atoms with Gasteiger partial charge in [-0.15, -0.1) is 0 Å². The molecule has 1 N–H and O–H groups in total. The number of hydrogen-bond acceptors (Lipinski definition) is 4. The quantitative estimate of drug-likeness (QED) is 0.638. The Kier molecular flexibility index (Phi) is 5.58. The van der Waals surface area contributed by atoms with Gasteiger partial charge >= 0.3 is 0 Å². The fourth-order valence-electron chi connectivity index (χ4n) is 2.55. The SMILES string of the molecule is CN(c1ccccc1)S(=O)(=O)c1cccc(NS(=O)(=O)c2cc(F)ccc2F)c1. The molecule has 3 rings (SSSR count). The van der Waals surface area contributed by atoms with Crippen LogP contribution in [0.25, 0.3) is 0 Å². The topological polar surface area (TPSA) is 83.6 Å². The summed E-state index contributed by atoms with van der Waals surface area (Å²) in [5.74, 6) is -2.06. The minimum absolute atomic E-state index is 0.115. The number of nitrogens with zero attached hydrogens (tertiary/aromatic N) is 1. The van der Waals surface area contributed by atoms with E-state index in [0.717, 1.165) is 16.4 Å². The largest absolute Gasteiger partial charge is 0.279 e. The lowest BCUT2D eigenvalue weighted by atomic mass is 10.3. The van der Waals surface area contributed by atoms with Crippen LogP contribution in [0.5, 0.6) is 0 Å². The fourth-order valence-corrected chi connectivity index (χ4v) is 4.93. The van der Waals surface area contributed by atoms with Crippen LogP contribution < -0.4 is 9.03 Å². The fraction of sp³-hybridized carbons (Fsp3) is 0.0526. The van der Waals surface area contributed by atoms with Crippen molar-refractivity contribution in [3.8, 4) is 0 Å². The molecule has 0 saturated carbocycles. The lowest BCUT2D eigenvalue weighted by molar-refractivity contribution is 0.555. The lowest BCUT2D eigenvalue weighted by Crippen LogP contribution is -2.26. The van der Waals surface area contributed by atoms with Gasteiger partial charge in [-0.3, -0.25) is 9.03 Å². The normalized spacial score (nSPS) is 11.8. The highest BCUT2D eigenvalue weighted by molar-refractivity contribution is 7.93. The van der Waals surface area contributed by atoms with E-state index in [1.165, 1.54) is 25.2 Å². The van der Waals surface area contributed by atoms with Crippen LogP contribution in [0.1, 0.15) is 0 Å². The summed E-state index contributed by atoms with van der Waals surface area (Å²) in [5.41, 5.74) is 0.302. The van der Waals surface area contributed by atoms with Gasteiger partial charge in [0, 0.05) is 7.05 Å².